The maximum absolute atomic E-state index is 12.5. The van der Waals surface area contributed by atoms with Gasteiger partial charge in [-0.05, 0) is 17.7 Å². The molecule has 0 atom stereocenters. The van der Waals surface area contributed by atoms with Gasteiger partial charge in [-0.2, -0.15) is 10.4 Å². The summed E-state index contributed by atoms with van der Waals surface area (Å²) in [7, 11) is 1.59. The van der Waals surface area contributed by atoms with E-state index >= 15 is 0 Å². The summed E-state index contributed by atoms with van der Waals surface area (Å²) in [6.45, 7) is 3.73. The Morgan fingerprint density at radius 2 is 1.84 bits per heavy atom. The topological polar surface area (TPSA) is 80.0 Å². The first-order valence-corrected chi connectivity index (χ1v) is 8.41. The molecule has 25 heavy (non-hydrogen) atoms. The van der Waals surface area contributed by atoms with Crippen molar-refractivity contribution in [2.45, 2.75) is 19.4 Å². The molecule has 0 N–H and O–H groups in total. The van der Waals surface area contributed by atoms with Crippen LogP contribution in [0.1, 0.15) is 24.0 Å². The van der Waals surface area contributed by atoms with Crippen LogP contribution in [0, 0.1) is 11.3 Å². The molecule has 0 aromatic heterocycles. The SMILES string of the molecule is CN1N=C(C(=O)N2CCN(Cc3ccc(C#N)cc3)CC2)CCC1=O. The number of amides is 2. The van der Waals surface area contributed by atoms with Gasteiger partial charge in [0.2, 0.25) is 5.91 Å². The number of nitrogens with zero attached hydrogens (tertiary/aromatic N) is 5. The van der Waals surface area contributed by atoms with Crippen molar-refractivity contribution in [1.82, 2.24) is 14.8 Å². The van der Waals surface area contributed by atoms with Crippen molar-refractivity contribution in [1.29, 1.82) is 5.26 Å². The second-order valence-electron chi connectivity index (χ2n) is 6.34. The zero-order valence-corrected chi connectivity index (χ0v) is 14.3. The van der Waals surface area contributed by atoms with Crippen molar-refractivity contribution in [3.8, 4) is 6.07 Å². The largest absolute Gasteiger partial charge is 0.335 e. The van der Waals surface area contributed by atoms with Crippen LogP contribution in [0.3, 0.4) is 0 Å². The van der Waals surface area contributed by atoms with E-state index in [0.717, 1.165) is 25.2 Å². The van der Waals surface area contributed by atoms with E-state index < -0.39 is 0 Å². The average molecular weight is 339 g/mol. The molecule has 2 aliphatic heterocycles. The highest BCUT2D eigenvalue weighted by Gasteiger charge is 2.28. The van der Waals surface area contributed by atoms with E-state index in [4.69, 9.17) is 5.26 Å². The quantitative estimate of drug-likeness (QED) is 0.816. The molecule has 3 rings (SSSR count). The van der Waals surface area contributed by atoms with Crippen LogP contribution in [0.5, 0.6) is 0 Å². The lowest BCUT2D eigenvalue weighted by Gasteiger charge is -2.35. The third-order valence-electron chi connectivity index (χ3n) is 4.60. The summed E-state index contributed by atoms with van der Waals surface area (Å²) in [6.07, 6.45) is 0.771. The van der Waals surface area contributed by atoms with Crippen molar-refractivity contribution in [2.24, 2.45) is 5.10 Å². The molecule has 1 aromatic carbocycles. The number of rotatable bonds is 3. The summed E-state index contributed by atoms with van der Waals surface area (Å²) < 4.78 is 0. The Hall–Kier alpha value is -2.72. The van der Waals surface area contributed by atoms with Crippen LogP contribution in [0.15, 0.2) is 29.4 Å². The van der Waals surface area contributed by atoms with Crippen molar-refractivity contribution in [2.75, 3.05) is 33.2 Å². The molecular weight excluding hydrogens is 318 g/mol. The summed E-state index contributed by atoms with van der Waals surface area (Å²) in [5, 5.41) is 14.2. The smallest absolute Gasteiger partial charge is 0.270 e. The van der Waals surface area contributed by atoms with Gasteiger partial charge in [0.1, 0.15) is 5.71 Å². The Balaban J connectivity index is 1.53. The minimum atomic E-state index is -0.0580. The Labute approximate surface area is 147 Å². The first-order valence-electron chi connectivity index (χ1n) is 8.41. The minimum absolute atomic E-state index is 0.0521. The highest BCUT2D eigenvalue weighted by atomic mass is 16.2. The lowest BCUT2D eigenvalue weighted by molar-refractivity contribution is -0.131. The number of nitriles is 1. The first-order chi connectivity index (χ1) is 12.1. The summed E-state index contributed by atoms with van der Waals surface area (Å²) in [4.78, 5) is 28.1. The van der Waals surface area contributed by atoms with Gasteiger partial charge in [0, 0.05) is 52.6 Å². The van der Waals surface area contributed by atoms with Crippen LogP contribution < -0.4 is 0 Å². The van der Waals surface area contributed by atoms with Gasteiger partial charge in [-0.15, -0.1) is 0 Å². The highest BCUT2D eigenvalue weighted by molar-refractivity contribution is 6.39. The van der Waals surface area contributed by atoms with Crippen LogP contribution in [0.25, 0.3) is 0 Å². The molecule has 7 heteroatoms. The normalized spacial score (nSPS) is 18.7. The molecule has 130 valence electrons. The van der Waals surface area contributed by atoms with E-state index in [1.54, 1.807) is 7.05 Å². The molecule has 1 fully saturated rings. The number of hydrazone groups is 1. The van der Waals surface area contributed by atoms with Crippen molar-refractivity contribution < 1.29 is 9.59 Å². The summed E-state index contributed by atoms with van der Waals surface area (Å²) >= 11 is 0. The Morgan fingerprint density at radius 3 is 2.44 bits per heavy atom. The number of hydrogen-bond acceptors (Lipinski definition) is 5. The monoisotopic (exact) mass is 339 g/mol. The molecule has 0 unspecified atom stereocenters. The van der Waals surface area contributed by atoms with Crippen molar-refractivity contribution in [3.05, 3.63) is 35.4 Å². The lowest BCUT2D eigenvalue weighted by Crippen LogP contribution is -2.51. The zero-order valence-electron chi connectivity index (χ0n) is 14.3. The molecule has 2 amide bonds. The van der Waals surface area contributed by atoms with Gasteiger partial charge in [0.25, 0.3) is 5.91 Å². The number of benzene rings is 1. The summed E-state index contributed by atoms with van der Waals surface area (Å²) in [5.74, 6) is -0.110. The van der Waals surface area contributed by atoms with Gasteiger partial charge in [0.15, 0.2) is 0 Å². The summed E-state index contributed by atoms with van der Waals surface area (Å²) in [6, 6.07) is 9.72. The predicted octanol–water partition coefficient (Wildman–Crippen LogP) is 0.811. The van der Waals surface area contributed by atoms with E-state index in [-0.39, 0.29) is 11.8 Å². The molecule has 2 heterocycles. The third-order valence-corrected chi connectivity index (χ3v) is 4.60. The molecular formula is C18H21N5O2. The fourth-order valence-electron chi connectivity index (χ4n) is 3.06. The molecule has 0 spiro atoms. The maximum atomic E-state index is 12.5. The van der Waals surface area contributed by atoms with E-state index in [2.05, 4.69) is 16.1 Å². The van der Waals surface area contributed by atoms with Crippen LogP contribution in [-0.2, 0) is 16.1 Å². The van der Waals surface area contributed by atoms with Crippen LogP contribution >= 0.6 is 0 Å². The van der Waals surface area contributed by atoms with Crippen LogP contribution in [-0.4, -0.2) is 65.6 Å². The third kappa shape index (κ3) is 4.03. The van der Waals surface area contributed by atoms with E-state index in [1.807, 2.05) is 29.2 Å². The highest BCUT2D eigenvalue weighted by Crippen LogP contribution is 2.13. The fraction of sp³-hybridized carbons (Fsp3) is 0.444. The number of carbonyl (C=O) groups is 2. The number of piperazine rings is 1. The molecule has 1 saturated heterocycles. The van der Waals surface area contributed by atoms with Gasteiger partial charge in [-0.1, -0.05) is 12.1 Å². The Bertz CT molecular complexity index is 727. The molecule has 7 nitrogen and oxygen atoms in total. The van der Waals surface area contributed by atoms with E-state index in [9.17, 15) is 9.59 Å². The standard InChI is InChI=1S/C18H21N5O2/c1-21-17(24)7-6-16(20-21)18(25)23-10-8-22(9-11-23)13-15-4-2-14(12-19)3-5-15/h2-5H,6-11,13H2,1H3. The second-order valence-corrected chi connectivity index (χ2v) is 6.34. The Kier molecular flexibility index (Phi) is 5.10. The van der Waals surface area contributed by atoms with E-state index in [1.165, 1.54) is 5.01 Å². The van der Waals surface area contributed by atoms with Crippen LogP contribution in [0.4, 0.5) is 0 Å². The molecule has 0 aliphatic carbocycles. The molecule has 0 bridgehead atoms. The van der Waals surface area contributed by atoms with Crippen molar-refractivity contribution in [3.63, 3.8) is 0 Å². The van der Waals surface area contributed by atoms with Crippen molar-refractivity contribution >= 4 is 17.5 Å². The van der Waals surface area contributed by atoms with Gasteiger partial charge in [0.05, 0.1) is 11.6 Å². The lowest BCUT2D eigenvalue weighted by atomic mass is 10.1. The molecule has 0 saturated carbocycles. The van der Waals surface area contributed by atoms with Gasteiger partial charge in [-0.3, -0.25) is 14.5 Å². The minimum Gasteiger partial charge on any atom is -0.335 e. The number of carbonyl (C=O) groups excluding carboxylic acids is 2. The second kappa shape index (κ2) is 7.45. The predicted molar refractivity (Wildman–Crippen MR) is 92.5 cm³/mol. The van der Waals surface area contributed by atoms with Gasteiger partial charge in [-0.25, -0.2) is 5.01 Å². The summed E-state index contributed by atoms with van der Waals surface area (Å²) in [5.41, 5.74) is 2.30. The van der Waals surface area contributed by atoms with Crippen LogP contribution in [0.2, 0.25) is 0 Å². The molecule has 0 radical (unpaired) electrons. The van der Waals surface area contributed by atoms with Gasteiger partial charge < -0.3 is 4.90 Å². The average Bonchev–Trinajstić information content (AvgIpc) is 2.65. The van der Waals surface area contributed by atoms with Gasteiger partial charge >= 0.3 is 0 Å². The Morgan fingerprint density at radius 1 is 1.16 bits per heavy atom. The maximum Gasteiger partial charge on any atom is 0.270 e. The first kappa shape index (κ1) is 17.1. The number of hydrogen-bond donors (Lipinski definition) is 0. The van der Waals surface area contributed by atoms with E-state index in [0.29, 0.717) is 37.2 Å². The molecule has 2 aliphatic rings. The fourth-order valence-corrected chi connectivity index (χ4v) is 3.06. The zero-order chi connectivity index (χ0) is 17.8. The molecule has 1 aromatic rings.